The number of fused-ring (bicyclic) bond motifs is 1. The van der Waals surface area contributed by atoms with E-state index in [0.717, 1.165) is 21.5 Å². The molecule has 1 heterocycles. The molecule has 0 bridgehead atoms. The third kappa shape index (κ3) is 5.67. The Kier molecular flexibility index (Phi) is 6.64. The number of aryl methyl sites for hydroxylation is 1. The summed E-state index contributed by atoms with van der Waals surface area (Å²) in [6.07, 6.45) is -1.68. The number of nitrogens with zero attached hydrogens (tertiary/aromatic N) is 2. The third-order valence-corrected chi connectivity index (χ3v) is 5.31. The number of carbonyl (C=O) groups excluding carboxylic acids is 1. The number of hydrogen-bond acceptors (Lipinski definition) is 5. The molecule has 10 heteroatoms. The number of amides is 1. The highest BCUT2D eigenvalue weighted by atomic mass is 32.2. The minimum Gasteiger partial charge on any atom is -0.444 e. The van der Waals surface area contributed by atoms with Crippen LogP contribution in [0.3, 0.4) is 0 Å². The van der Waals surface area contributed by atoms with Crippen LogP contribution in [-0.2, 0) is 18.3 Å². The van der Waals surface area contributed by atoms with Crippen molar-refractivity contribution in [2.45, 2.75) is 44.2 Å². The third-order valence-electron chi connectivity index (χ3n) is 4.44. The van der Waals surface area contributed by atoms with E-state index in [4.69, 9.17) is 4.74 Å². The van der Waals surface area contributed by atoms with Gasteiger partial charge in [0.05, 0.1) is 17.4 Å². The van der Waals surface area contributed by atoms with Crippen molar-refractivity contribution in [3.63, 3.8) is 0 Å². The van der Waals surface area contributed by atoms with E-state index in [1.807, 2.05) is 23.9 Å². The summed E-state index contributed by atoms with van der Waals surface area (Å²) in [5, 5.41) is 2.77. The summed E-state index contributed by atoms with van der Waals surface area (Å²) < 4.78 is 48.6. The first-order valence-electron chi connectivity index (χ1n) is 9.72. The number of aromatic nitrogens is 2. The Morgan fingerprint density at radius 3 is 2.41 bits per heavy atom. The highest BCUT2D eigenvalue weighted by Gasteiger charge is 2.31. The second-order valence-corrected chi connectivity index (χ2v) is 8.91. The molecule has 32 heavy (non-hydrogen) atoms. The summed E-state index contributed by atoms with van der Waals surface area (Å²) in [4.78, 5) is 17.6. The average molecular weight is 468 g/mol. The molecule has 6 nitrogen and oxygen atoms in total. The molecule has 2 aromatic carbocycles. The molecule has 0 atom stereocenters. The molecule has 0 aliphatic heterocycles. The molecule has 3 rings (SSSR count). The van der Waals surface area contributed by atoms with E-state index in [1.165, 1.54) is 23.9 Å². The lowest BCUT2D eigenvalue weighted by molar-refractivity contribution is -0.274. The topological polar surface area (TPSA) is 65.4 Å². The van der Waals surface area contributed by atoms with E-state index in [0.29, 0.717) is 11.1 Å². The highest BCUT2D eigenvalue weighted by molar-refractivity contribution is 7.98. The number of alkyl halides is 3. The zero-order chi connectivity index (χ0) is 23.7. The van der Waals surface area contributed by atoms with E-state index in [9.17, 15) is 18.0 Å². The molecule has 0 aliphatic rings. The summed E-state index contributed by atoms with van der Waals surface area (Å²) in [6.45, 7) is 5.57. The second-order valence-electron chi connectivity index (χ2n) is 8.10. The van der Waals surface area contributed by atoms with Crippen molar-refractivity contribution in [3.8, 4) is 16.9 Å². The van der Waals surface area contributed by atoms with Crippen molar-refractivity contribution in [2.75, 3.05) is 6.26 Å². The zero-order valence-corrected chi connectivity index (χ0v) is 19.1. The quantitative estimate of drug-likeness (QED) is 0.475. The Hall–Kier alpha value is -2.88. The molecular formula is C22H24F3N3O3S. The minimum absolute atomic E-state index is 0.217. The van der Waals surface area contributed by atoms with Crippen LogP contribution in [0.2, 0.25) is 0 Å². The normalized spacial score (nSPS) is 12.1. The monoisotopic (exact) mass is 467 g/mol. The Bertz CT molecular complexity index is 1120. The van der Waals surface area contributed by atoms with Crippen LogP contribution in [0.5, 0.6) is 5.75 Å². The number of halogens is 3. The van der Waals surface area contributed by atoms with Crippen molar-refractivity contribution < 1.29 is 27.4 Å². The molecule has 0 unspecified atom stereocenters. The van der Waals surface area contributed by atoms with Crippen LogP contribution in [0.25, 0.3) is 22.2 Å². The first kappa shape index (κ1) is 23.8. The lowest BCUT2D eigenvalue weighted by atomic mass is 10.0. The van der Waals surface area contributed by atoms with Gasteiger partial charge in [-0.05, 0) is 56.4 Å². The van der Waals surface area contributed by atoms with E-state index >= 15 is 0 Å². The number of hydrogen-bond donors (Lipinski definition) is 1. The molecule has 0 radical (unpaired) electrons. The molecule has 3 aromatic rings. The predicted molar refractivity (Wildman–Crippen MR) is 118 cm³/mol. The highest BCUT2D eigenvalue weighted by Crippen LogP contribution is 2.37. The number of imidazole rings is 1. The van der Waals surface area contributed by atoms with Gasteiger partial charge >= 0.3 is 12.5 Å². The molecule has 1 N–H and O–H groups in total. The van der Waals surface area contributed by atoms with Crippen molar-refractivity contribution in [1.29, 1.82) is 0 Å². The van der Waals surface area contributed by atoms with Gasteiger partial charge in [0.15, 0.2) is 0 Å². The van der Waals surface area contributed by atoms with E-state index in [-0.39, 0.29) is 12.3 Å². The molecule has 1 aromatic heterocycles. The predicted octanol–water partition coefficient (Wildman–Crippen LogP) is 5.89. The Morgan fingerprint density at radius 2 is 1.84 bits per heavy atom. The summed E-state index contributed by atoms with van der Waals surface area (Å²) in [5.74, 6) is -0.300. The Balaban J connectivity index is 2.01. The van der Waals surface area contributed by atoms with Gasteiger partial charge in [-0.2, -0.15) is 0 Å². The van der Waals surface area contributed by atoms with Gasteiger partial charge in [0, 0.05) is 24.1 Å². The summed E-state index contributed by atoms with van der Waals surface area (Å²) >= 11 is 1.52. The van der Waals surface area contributed by atoms with Gasteiger partial charge < -0.3 is 19.4 Å². The molecule has 172 valence electrons. The van der Waals surface area contributed by atoms with Crippen LogP contribution in [0.4, 0.5) is 18.0 Å². The number of carbonyl (C=O) groups is 1. The fraction of sp³-hybridized carbons (Fsp3) is 0.364. The number of ether oxygens (including phenoxy) is 2. The van der Waals surface area contributed by atoms with Crippen molar-refractivity contribution in [3.05, 3.63) is 42.2 Å². The van der Waals surface area contributed by atoms with Crippen LogP contribution >= 0.6 is 11.8 Å². The maximum absolute atomic E-state index is 12.5. The van der Waals surface area contributed by atoms with Gasteiger partial charge in [-0.3, -0.25) is 0 Å². The SMILES string of the molecule is CSc1c(CNC(=O)OC(C)(C)C)cc(-c2ccc(OC(F)(F)F)cc2)c2ncn(C)c12. The zero-order valence-electron chi connectivity index (χ0n) is 18.3. The number of rotatable bonds is 5. The standard InChI is InChI=1S/C22H24F3N3O3S/c1-21(2,3)31-20(29)26-11-14-10-16(17-18(19(14)32-5)28(4)12-27-17)13-6-8-15(9-7-13)30-22(23,24)25/h6-10,12H,11H2,1-5H3,(H,26,29). The summed E-state index contributed by atoms with van der Waals surface area (Å²) in [6, 6.07) is 7.51. The van der Waals surface area contributed by atoms with Gasteiger partial charge in [0.25, 0.3) is 0 Å². The molecule has 0 saturated carbocycles. The lowest BCUT2D eigenvalue weighted by Gasteiger charge is -2.20. The molecular weight excluding hydrogens is 443 g/mol. The first-order chi connectivity index (χ1) is 14.9. The molecule has 1 amide bonds. The van der Waals surface area contributed by atoms with Crippen molar-refractivity contribution in [2.24, 2.45) is 7.05 Å². The van der Waals surface area contributed by atoms with Gasteiger partial charge in [0.2, 0.25) is 0 Å². The van der Waals surface area contributed by atoms with Crippen LogP contribution in [0, 0.1) is 0 Å². The second kappa shape index (κ2) is 8.93. The van der Waals surface area contributed by atoms with Gasteiger partial charge in [0.1, 0.15) is 11.4 Å². The maximum atomic E-state index is 12.5. The Labute approximate surface area is 188 Å². The minimum atomic E-state index is -4.75. The van der Waals surface area contributed by atoms with Crippen molar-refractivity contribution in [1.82, 2.24) is 14.9 Å². The summed E-state index contributed by atoms with van der Waals surface area (Å²) in [7, 11) is 1.87. The smallest absolute Gasteiger partial charge is 0.444 e. The van der Waals surface area contributed by atoms with E-state index in [1.54, 1.807) is 39.2 Å². The van der Waals surface area contributed by atoms with Gasteiger partial charge in [-0.15, -0.1) is 24.9 Å². The fourth-order valence-corrected chi connectivity index (χ4v) is 4.08. The lowest BCUT2D eigenvalue weighted by Crippen LogP contribution is -2.32. The number of nitrogens with one attached hydrogen (secondary N) is 1. The average Bonchev–Trinajstić information content (AvgIpc) is 3.05. The number of thioether (sulfide) groups is 1. The summed E-state index contributed by atoms with van der Waals surface area (Å²) in [5.41, 5.74) is 3.20. The van der Waals surface area contributed by atoms with Gasteiger partial charge in [-0.1, -0.05) is 12.1 Å². The molecule has 0 spiro atoms. The van der Waals surface area contributed by atoms with Crippen LogP contribution in [-0.4, -0.2) is 33.9 Å². The molecule has 0 aliphatic carbocycles. The largest absolute Gasteiger partial charge is 0.573 e. The van der Waals surface area contributed by atoms with Crippen molar-refractivity contribution >= 4 is 28.9 Å². The van der Waals surface area contributed by atoms with Crippen LogP contribution in [0.15, 0.2) is 41.6 Å². The van der Waals surface area contributed by atoms with Gasteiger partial charge in [-0.25, -0.2) is 9.78 Å². The fourth-order valence-electron chi connectivity index (χ4n) is 3.25. The number of benzene rings is 2. The van der Waals surface area contributed by atoms with E-state index < -0.39 is 18.1 Å². The molecule has 0 fully saturated rings. The first-order valence-corrected chi connectivity index (χ1v) is 10.9. The van der Waals surface area contributed by atoms with Crippen LogP contribution < -0.4 is 10.1 Å². The molecule has 0 saturated heterocycles. The maximum Gasteiger partial charge on any atom is 0.573 e. The number of alkyl carbamates (subject to hydrolysis) is 1. The van der Waals surface area contributed by atoms with Crippen LogP contribution in [0.1, 0.15) is 26.3 Å². The van der Waals surface area contributed by atoms with E-state index in [2.05, 4.69) is 15.0 Å². The Morgan fingerprint density at radius 1 is 1.19 bits per heavy atom.